The van der Waals surface area contributed by atoms with Gasteiger partial charge >= 0.3 is 6.18 Å². The van der Waals surface area contributed by atoms with Gasteiger partial charge in [0.1, 0.15) is 0 Å². The predicted octanol–water partition coefficient (Wildman–Crippen LogP) is 7.10. The Morgan fingerprint density at radius 2 is 1.70 bits per heavy atom. The maximum Gasteiger partial charge on any atom is 0.417 e. The Kier molecular flexibility index (Phi) is 7.25. The van der Waals surface area contributed by atoms with E-state index in [1.54, 1.807) is 0 Å². The number of carbonyl (C=O) groups excluding carboxylic acids is 1. The lowest BCUT2D eigenvalue weighted by atomic mass is 10.1. The van der Waals surface area contributed by atoms with Gasteiger partial charge in [0.15, 0.2) is 5.75 Å². The molecule has 0 radical (unpaired) electrons. The van der Waals surface area contributed by atoms with E-state index in [0.717, 1.165) is 25.0 Å². The van der Waals surface area contributed by atoms with Gasteiger partial charge in [0, 0.05) is 11.3 Å². The van der Waals surface area contributed by atoms with Crippen molar-refractivity contribution in [2.45, 2.75) is 25.9 Å². The monoisotopic (exact) mass is 439 g/mol. The van der Waals surface area contributed by atoms with Crippen LogP contribution in [0.15, 0.2) is 30.3 Å². The summed E-state index contributed by atoms with van der Waals surface area (Å²) in [6.45, 7) is 2.42. The number of nitrogens with one attached hydrogen (secondary N) is 1. The maximum absolute atomic E-state index is 12.9. The van der Waals surface area contributed by atoms with Crippen LogP contribution in [0.1, 0.15) is 35.7 Å². The molecule has 0 aliphatic rings. The van der Waals surface area contributed by atoms with Gasteiger partial charge in [0.2, 0.25) is 0 Å². The summed E-state index contributed by atoms with van der Waals surface area (Å²) in [6, 6.07) is 5.76. The smallest absolute Gasteiger partial charge is 0.417 e. The van der Waals surface area contributed by atoms with Crippen LogP contribution in [0.5, 0.6) is 5.75 Å². The van der Waals surface area contributed by atoms with E-state index in [1.807, 2.05) is 6.92 Å². The summed E-state index contributed by atoms with van der Waals surface area (Å²) in [5, 5.41) is 2.18. The molecule has 0 bridgehead atoms. The van der Waals surface area contributed by atoms with E-state index < -0.39 is 22.7 Å². The van der Waals surface area contributed by atoms with Gasteiger partial charge in [-0.3, -0.25) is 4.79 Å². The van der Waals surface area contributed by atoms with Crippen LogP contribution in [-0.4, -0.2) is 12.5 Å². The summed E-state index contributed by atoms with van der Waals surface area (Å²) in [6.07, 6.45) is -2.90. The number of hydrogen-bond acceptors (Lipinski definition) is 2. The van der Waals surface area contributed by atoms with Crippen LogP contribution in [0, 0.1) is 0 Å². The Labute approximate surface area is 169 Å². The van der Waals surface area contributed by atoms with Gasteiger partial charge in [-0.15, -0.1) is 0 Å². The van der Waals surface area contributed by atoms with Crippen LogP contribution in [0.3, 0.4) is 0 Å². The number of alkyl halides is 3. The van der Waals surface area contributed by atoms with E-state index in [2.05, 4.69) is 5.32 Å². The zero-order chi connectivity index (χ0) is 20.2. The number of ether oxygens (including phenoxy) is 1. The molecular formula is C18H15Cl3F3NO2. The molecule has 0 aliphatic heterocycles. The zero-order valence-electron chi connectivity index (χ0n) is 14.1. The Bertz CT molecular complexity index is 818. The molecule has 2 rings (SSSR count). The fourth-order valence-corrected chi connectivity index (χ4v) is 2.99. The lowest BCUT2D eigenvalue weighted by Crippen LogP contribution is -2.14. The van der Waals surface area contributed by atoms with Crippen LogP contribution < -0.4 is 10.1 Å². The first-order chi connectivity index (χ1) is 12.6. The number of hydrogen-bond donors (Lipinski definition) is 1. The molecule has 0 spiro atoms. The minimum atomic E-state index is -4.64. The molecule has 0 saturated carbocycles. The summed E-state index contributed by atoms with van der Waals surface area (Å²) >= 11 is 17.8. The van der Waals surface area contributed by atoms with E-state index in [-0.39, 0.29) is 27.0 Å². The first-order valence-electron chi connectivity index (χ1n) is 7.93. The number of benzene rings is 2. The SMILES string of the molecule is CCCCOc1c(Cl)cc(C(=O)Nc2ccc(Cl)c(C(F)(F)F)c2)cc1Cl. The molecule has 0 fully saturated rings. The number of anilines is 1. The topological polar surface area (TPSA) is 38.3 Å². The average Bonchev–Trinajstić information content (AvgIpc) is 2.57. The Morgan fingerprint density at radius 1 is 1.07 bits per heavy atom. The van der Waals surface area contributed by atoms with Gasteiger partial charge in [-0.1, -0.05) is 48.1 Å². The van der Waals surface area contributed by atoms with Gasteiger partial charge < -0.3 is 10.1 Å². The van der Waals surface area contributed by atoms with E-state index >= 15 is 0 Å². The van der Waals surface area contributed by atoms with Crippen molar-refractivity contribution in [3.8, 4) is 5.75 Å². The minimum absolute atomic E-state index is 0.0627. The molecule has 9 heteroatoms. The first-order valence-corrected chi connectivity index (χ1v) is 9.06. The molecule has 0 unspecified atom stereocenters. The van der Waals surface area contributed by atoms with Crippen molar-refractivity contribution in [2.75, 3.05) is 11.9 Å². The van der Waals surface area contributed by atoms with E-state index in [4.69, 9.17) is 39.5 Å². The summed E-state index contributed by atoms with van der Waals surface area (Å²) in [7, 11) is 0. The number of halogens is 6. The van der Waals surface area contributed by atoms with Crippen molar-refractivity contribution in [3.63, 3.8) is 0 Å². The second-order valence-corrected chi connectivity index (χ2v) is 6.84. The highest BCUT2D eigenvalue weighted by Gasteiger charge is 2.33. The van der Waals surface area contributed by atoms with Crippen molar-refractivity contribution in [1.82, 2.24) is 0 Å². The van der Waals surface area contributed by atoms with Crippen molar-refractivity contribution >= 4 is 46.4 Å². The van der Waals surface area contributed by atoms with Crippen molar-refractivity contribution in [3.05, 3.63) is 56.5 Å². The molecule has 1 N–H and O–H groups in total. The normalized spacial score (nSPS) is 11.4. The van der Waals surface area contributed by atoms with Gasteiger partial charge in [0.25, 0.3) is 5.91 Å². The van der Waals surface area contributed by atoms with Gasteiger partial charge in [-0.05, 0) is 36.8 Å². The van der Waals surface area contributed by atoms with Gasteiger partial charge in [-0.25, -0.2) is 0 Å². The fraction of sp³-hybridized carbons (Fsp3) is 0.278. The maximum atomic E-state index is 12.9. The molecule has 0 heterocycles. The van der Waals surface area contributed by atoms with Gasteiger partial charge in [0.05, 0.1) is 27.2 Å². The lowest BCUT2D eigenvalue weighted by Gasteiger charge is -2.13. The van der Waals surface area contributed by atoms with E-state index in [9.17, 15) is 18.0 Å². The average molecular weight is 441 g/mol. The number of unbranched alkanes of at least 4 members (excludes halogenated alkanes) is 1. The Morgan fingerprint density at radius 3 is 2.26 bits per heavy atom. The summed E-state index contributed by atoms with van der Waals surface area (Å²) in [5.74, 6) is -0.413. The third-order valence-electron chi connectivity index (χ3n) is 3.53. The number of carbonyl (C=O) groups is 1. The fourth-order valence-electron chi connectivity index (χ4n) is 2.17. The minimum Gasteiger partial charge on any atom is -0.490 e. The largest absolute Gasteiger partial charge is 0.490 e. The molecule has 0 aliphatic carbocycles. The Hall–Kier alpha value is -1.63. The zero-order valence-corrected chi connectivity index (χ0v) is 16.4. The molecule has 3 nitrogen and oxygen atoms in total. The van der Waals surface area contributed by atoms with E-state index in [0.29, 0.717) is 6.61 Å². The molecule has 27 heavy (non-hydrogen) atoms. The number of rotatable bonds is 6. The molecule has 146 valence electrons. The van der Waals surface area contributed by atoms with Crippen LogP contribution in [-0.2, 0) is 6.18 Å². The highest BCUT2D eigenvalue weighted by atomic mass is 35.5. The predicted molar refractivity (Wildman–Crippen MR) is 101 cm³/mol. The lowest BCUT2D eigenvalue weighted by molar-refractivity contribution is -0.137. The van der Waals surface area contributed by atoms with Crippen LogP contribution in [0.25, 0.3) is 0 Å². The first kappa shape index (κ1) is 21.7. The van der Waals surface area contributed by atoms with Crippen molar-refractivity contribution < 1.29 is 22.7 Å². The molecule has 2 aromatic rings. The highest BCUT2D eigenvalue weighted by molar-refractivity contribution is 6.37. The molecule has 0 aromatic heterocycles. The summed E-state index contributed by atoms with van der Waals surface area (Å²) in [5.41, 5.74) is -1.03. The third-order valence-corrected chi connectivity index (χ3v) is 4.43. The quantitative estimate of drug-likeness (QED) is 0.487. The molecule has 1 amide bonds. The Balaban J connectivity index is 2.21. The molecule has 0 atom stereocenters. The van der Waals surface area contributed by atoms with E-state index in [1.165, 1.54) is 18.2 Å². The van der Waals surface area contributed by atoms with Crippen LogP contribution in [0.4, 0.5) is 18.9 Å². The number of amides is 1. The molecular weight excluding hydrogens is 426 g/mol. The highest BCUT2D eigenvalue weighted by Crippen LogP contribution is 2.37. The second kappa shape index (κ2) is 9.04. The van der Waals surface area contributed by atoms with Crippen molar-refractivity contribution in [2.24, 2.45) is 0 Å². The molecule has 0 saturated heterocycles. The van der Waals surface area contributed by atoms with Crippen LogP contribution >= 0.6 is 34.8 Å². The standard InChI is InChI=1S/C18H15Cl3F3NO2/c1-2-3-6-27-16-14(20)7-10(8-15(16)21)17(26)25-11-4-5-13(19)12(9-11)18(22,23)24/h4-5,7-9H,2-3,6H2,1H3,(H,25,26). The second-order valence-electron chi connectivity index (χ2n) is 5.62. The van der Waals surface area contributed by atoms with Crippen molar-refractivity contribution in [1.29, 1.82) is 0 Å². The summed E-state index contributed by atoms with van der Waals surface area (Å²) in [4.78, 5) is 12.4. The third kappa shape index (κ3) is 5.67. The summed E-state index contributed by atoms with van der Waals surface area (Å²) < 4.78 is 44.3. The van der Waals surface area contributed by atoms with Gasteiger partial charge in [-0.2, -0.15) is 13.2 Å². The molecule has 2 aromatic carbocycles. The van der Waals surface area contributed by atoms with Crippen LogP contribution in [0.2, 0.25) is 15.1 Å².